The molecule has 4 rings (SSSR count). The highest BCUT2D eigenvalue weighted by molar-refractivity contribution is 7.99. The zero-order valence-electron chi connectivity index (χ0n) is 16.7. The summed E-state index contributed by atoms with van der Waals surface area (Å²) in [4.78, 5) is 12.5. The number of hydrogen-bond donors (Lipinski definition) is 1. The van der Waals surface area contributed by atoms with Crippen LogP contribution in [0.25, 0.3) is 0 Å². The summed E-state index contributed by atoms with van der Waals surface area (Å²) in [6.07, 6.45) is 2.91. The Hall–Kier alpha value is -2.57. The van der Waals surface area contributed by atoms with Crippen LogP contribution in [0, 0.1) is 6.92 Å². The first-order valence-electron chi connectivity index (χ1n) is 9.84. The van der Waals surface area contributed by atoms with E-state index in [1.807, 2.05) is 25.1 Å². The number of carbonyl (C=O) groups is 1. The molecule has 1 amide bonds. The summed E-state index contributed by atoms with van der Waals surface area (Å²) in [5.74, 6) is 1.95. The van der Waals surface area contributed by atoms with Crippen LogP contribution in [0.5, 0.6) is 0 Å². The molecule has 1 aromatic heterocycles. The van der Waals surface area contributed by atoms with Crippen molar-refractivity contribution in [2.75, 3.05) is 11.1 Å². The van der Waals surface area contributed by atoms with E-state index in [1.54, 1.807) is 12.1 Å². The summed E-state index contributed by atoms with van der Waals surface area (Å²) in [6.45, 7) is 6.42. The molecule has 30 heavy (non-hydrogen) atoms. The standard InChI is InChI=1S/C23H23ClN4OS/c1-3-11-28-22(19-13-18(19)16-7-5-4-6-8-16)26-27-23(28)30-14-21(29)25-20-12-17(24)10-9-15(20)2/h3-10,12,18-19H,1,11,13-14H2,2H3,(H,25,29). The van der Waals surface area contributed by atoms with E-state index in [9.17, 15) is 4.79 Å². The lowest BCUT2D eigenvalue weighted by Gasteiger charge is -2.10. The predicted octanol–water partition coefficient (Wildman–Crippen LogP) is 5.43. The zero-order valence-corrected chi connectivity index (χ0v) is 18.3. The number of anilines is 1. The van der Waals surface area contributed by atoms with Crippen LogP contribution in [0.4, 0.5) is 5.69 Å². The predicted molar refractivity (Wildman–Crippen MR) is 122 cm³/mol. The average molecular weight is 439 g/mol. The van der Waals surface area contributed by atoms with E-state index in [2.05, 4.69) is 50.9 Å². The molecule has 7 heteroatoms. The Balaban J connectivity index is 1.43. The molecule has 154 valence electrons. The second kappa shape index (κ2) is 9.06. The molecule has 1 saturated carbocycles. The molecule has 0 spiro atoms. The number of halogens is 1. The van der Waals surface area contributed by atoms with Gasteiger partial charge in [-0.3, -0.25) is 4.79 Å². The lowest BCUT2D eigenvalue weighted by molar-refractivity contribution is -0.113. The van der Waals surface area contributed by atoms with Crippen LogP contribution in [0.1, 0.15) is 35.2 Å². The van der Waals surface area contributed by atoms with Crippen molar-refractivity contribution in [2.24, 2.45) is 0 Å². The molecule has 2 unspecified atom stereocenters. The monoisotopic (exact) mass is 438 g/mol. The summed E-state index contributed by atoms with van der Waals surface area (Å²) in [7, 11) is 0. The van der Waals surface area contributed by atoms with Crippen molar-refractivity contribution in [3.8, 4) is 0 Å². The van der Waals surface area contributed by atoms with E-state index >= 15 is 0 Å². The van der Waals surface area contributed by atoms with Crippen molar-refractivity contribution in [2.45, 2.75) is 36.9 Å². The van der Waals surface area contributed by atoms with E-state index in [1.165, 1.54) is 17.3 Å². The van der Waals surface area contributed by atoms with Gasteiger partial charge in [-0.25, -0.2) is 0 Å². The van der Waals surface area contributed by atoms with Crippen molar-refractivity contribution in [3.05, 3.63) is 83.2 Å². The van der Waals surface area contributed by atoms with Crippen LogP contribution >= 0.6 is 23.4 Å². The van der Waals surface area contributed by atoms with Crippen LogP contribution in [-0.4, -0.2) is 26.4 Å². The van der Waals surface area contributed by atoms with E-state index in [0.717, 1.165) is 28.7 Å². The van der Waals surface area contributed by atoms with Gasteiger partial charge in [-0.15, -0.1) is 16.8 Å². The van der Waals surface area contributed by atoms with E-state index in [-0.39, 0.29) is 11.7 Å². The molecule has 0 bridgehead atoms. The fourth-order valence-corrected chi connectivity index (χ4v) is 4.50. The Kier molecular flexibility index (Phi) is 6.25. The minimum Gasteiger partial charge on any atom is -0.325 e. The zero-order chi connectivity index (χ0) is 21.1. The van der Waals surface area contributed by atoms with Crippen LogP contribution < -0.4 is 5.32 Å². The third-order valence-corrected chi connectivity index (χ3v) is 6.41. The number of thioether (sulfide) groups is 1. The minimum absolute atomic E-state index is 0.103. The largest absolute Gasteiger partial charge is 0.325 e. The van der Waals surface area contributed by atoms with Crippen molar-refractivity contribution < 1.29 is 4.79 Å². The van der Waals surface area contributed by atoms with Gasteiger partial charge in [0.25, 0.3) is 0 Å². The van der Waals surface area contributed by atoms with Gasteiger partial charge in [-0.2, -0.15) is 0 Å². The van der Waals surface area contributed by atoms with Crippen LogP contribution in [0.15, 0.2) is 66.3 Å². The fraction of sp³-hybridized carbons (Fsp3) is 0.261. The number of hydrogen-bond acceptors (Lipinski definition) is 4. The van der Waals surface area contributed by atoms with E-state index in [4.69, 9.17) is 11.6 Å². The van der Waals surface area contributed by atoms with Gasteiger partial charge in [-0.05, 0) is 42.5 Å². The molecule has 1 aliphatic carbocycles. The molecule has 1 heterocycles. The molecule has 1 fully saturated rings. The molecule has 0 saturated heterocycles. The van der Waals surface area contributed by atoms with Gasteiger partial charge in [0.05, 0.1) is 5.75 Å². The molecule has 2 aromatic carbocycles. The summed E-state index contributed by atoms with van der Waals surface area (Å²) >= 11 is 7.42. The average Bonchev–Trinajstić information content (AvgIpc) is 3.44. The van der Waals surface area contributed by atoms with Crippen molar-refractivity contribution >= 4 is 35.0 Å². The normalized spacial score (nSPS) is 17.5. The number of rotatable bonds is 8. The number of amides is 1. The van der Waals surface area contributed by atoms with Gasteiger partial charge in [0, 0.05) is 23.2 Å². The van der Waals surface area contributed by atoms with Crippen LogP contribution in [0.3, 0.4) is 0 Å². The first-order chi connectivity index (χ1) is 14.6. The first-order valence-corrected chi connectivity index (χ1v) is 11.2. The number of benzene rings is 2. The number of nitrogens with one attached hydrogen (secondary N) is 1. The Morgan fingerprint density at radius 2 is 2.07 bits per heavy atom. The lowest BCUT2D eigenvalue weighted by atomic mass is 10.1. The molecular weight excluding hydrogens is 416 g/mol. The highest BCUT2D eigenvalue weighted by atomic mass is 35.5. The smallest absolute Gasteiger partial charge is 0.234 e. The fourth-order valence-electron chi connectivity index (χ4n) is 3.58. The van der Waals surface area contributed by atoms with Gasteiger partial charge in [0.15, 0.2) is 5.16 Å². The maximum atomic E-state index is 12.5. The molecule has 5 nitrogen and oxygen atoms in total. The molecule has 1 aliphatic rings. The van der Waals surface area contributed by atoms with Crippen molar-refractivity contribution in [3.63, 3.8) is 0 Å². The Morgan fingerprint density at radius 1 is 1.27 bits per heavy atom. The lowest BCUT2D eigenvalue weighted by Crippen LogP contribution is -2.15. The Bertz CT molecular complexity index is 1070. The number of aryl methyl sites for hydroxylation is 1. The quantitative estimate of drug-likeness (QED) is 0.376. The second-order valence-electron chi connectivity index (χ2n) is 7.40. The summed E-state index contributed by atoms with van der Waals surface area (Å²) in [5, 5.41) is 13.1. The molecular formula is C23H23ClN4OS. The number of allylic oxidation sites excluding steroid dienone is 1. The van der Waals surface area contributed by atoms with E-state index in [0.29, 0.717) is 23.4 Å². The molecule has 0 aliphatic heterocycles. The number of nitrogens with zero attached hydrogens (tertiary/aromatic N) is 3. The van der Waals surface area contributed by atoms with Gasteiger partial charge in [0.1, 0.15) is 5.82 Å². The summed E-state index contributed by atoms with van der Waals surface area (Å²) in [6, 6.07) is 16.0. The molecule has 1 N–H and O–H groups in total. The maximum Gasteiger partial charge on any atom is 0.234 e. The van der Waals surface area contributed by atoms with Gasteiger partial charge < -0.3 is 9.88 Å². The SMILES string of the molecule is C=CCn1c(SCC(=O)Nc2cc(Cl)ccc2C)nnc1C1CC1c1ccccc1. The Labute approximate surface area is 185 Å². The maximum absolute atomic E-state index is 12.5. The molecule has 3 aromatic rings. The first kappa shape index (κ1) is 20.7. The summed E-state index contributed by atoms with van der Waals surface area (Å²) < 4.78 is 2.07. The second-order valence-corrected chi connectivity index (χ2v) is 8.77. The van der Waals surface area contributed by atoms with Crippen LogP contribution in [0.2, 0.25) is 5.02 Å². The van der Waals surface area contributed by atoms with E-state index < -0.39 is 0 Å². The number of aromatic nitrogens is 3. The van der Waals surface area contributed by atoms with Gasteiger partial charge in [0.2, 0.25) is 5.91 Å². The third kappa shape index (κ3) is 4.60. The van der Waals surface area contributed by atoms with Crippen LogP contribution in [-0.2, 0) is 11.3 Å². The molecule has 0 radical (unpaired) electrons. The van der Waals surface area contributed by atoms with Gasteiger partial charge in [-0.1, -0.05) is 65.8 Å². The summed E-state index contributed by atoms with van der Waals surface area (Å²) in [5.41, 5.74) is 3.03. The van der Waals surface area contributed by atoms with Crippen molar-refractivity contribution in [1.29, 1.82) is 0 Å². The topological polar surface area (TPSA) is 59.8 Å². The highest BCUT2D eigenvalue weighted by Crippen LogP contribution is 2.54. The number of carbonyl (C=O) groups excluding carboxylic acids is 1. The Morgan fingerprint density at radius 3 is 2.83 bits per heavy atom. The van der Waals surface area contributed by atoms with Crippen molar-refractivity contribution in [1.82, 2.24) is 14.8 Å². The van der Waals surface area contributed by atoms with Gasteiger partial charge >= 0.3 is 0 Å². The third-order valence-electron chi connectivity index (χ3n) is 5.21. The highest BCUT2D eigenvalue weighted by Gasteiger charge is 2.43. The molecule has 2 atom stereocenters. The minimum atomic E-state index is -0.103.